The van der Waals surface area contributed by atoms with E-state index < -0.39 is 0 Å². The second kappa shape index (κ2) is 13.0. The molecule has 262 valence electrons. The number of piperazine rings is 1. The Bertz CT molecular complexity index is 1920. The number of aromatic amines is 2. The van der Waals surface area contributed by atoms with Gasteiger partial charge in [0.15, 0.2) is 0 Å². The van der Waals surface area contributed by atoms with Crippen molar-refractivity contribution in [1.29, 1.82) is 0 Å². The first-order valence-corrected chi connectivity index (χ1v) is 18.4. The van der Waals surface area contributed by atoms with Crippen molar-refractivity contribution in [3.63, 3.8) is 0 Å². The molecule has 3 aliphatic heterocycles. The van der Waals surface area contributed by atoms with Crippen LogP contribution in [0.15, 0.2) is 42.6 Å². The molecule has 3 amide bonds. The zero-order valence-electron chi connectivity index (χ0n) is 29.4. The first kappa shape index (κ1) is 32.7. The van der Waals surface area contributed by atoms with Crippen LogP contribution < -0.4 is 10.2 Å². The predicted molar refractivity (Wildman–Crippen MR) is 193 cm³/mol. The Balaban J connectivity index is 0.839. The maximum Gasteiger partial charge on any atom is 0.254 e. The van der Waals surface area contributed by atoms with Crippen LogP contribution in [0.1, 0.15) is 86.0 Å². The lowest BCUT2D eigenvalue weighted by Gasteiger charge is -2.42. The van der Waals surface area contributed by atoms with Gasteiger partial charge in [-0.3, -0.25) is 29.7 Å². The molecule has 50 heavy (non-hydrogen) atoms. The highest BCUT2D eigenvalue weighted by molar-refractivity contribution is 6.01. The van der Waals surface area contributed by atoms with Gasteiger partial charge in [-0.15, -0.1) is 0 Å². The highest BCUT2D eigenvalue weighted by Crippen LogP contribution is 2.38. The Morgan fingerprint density at radius 1 is 1.00 bits per heavy atom. The number of amides is 3. The minimum atomic E-state index is -0.305. The second-order valence-electron chi connectivity index (χ2n) is 15.8. The van der Waals surface area contributed by atoms with Crippen LogP contribution in [0.3, 0.4) is 0 Å². The van der Waals surface area contributed by atoms with Crippen LogP contribution in [0.25, 0.3) is 22.3 Å². The van der Waals surface area contributed by atoms with Crippen molar-refractivity contribution in [2.75, 3.05) is 44.2 Å². The molecular weight excluding hydrogens is 628 g/mol. The quantitative estimate of drug-likeness (QED) is 0.244. The van der Waals surface area contributed by atoms with E-state index in [1.807, 2.05) is 29.2 Å². The van der Waals surface area contributed by atoms with Gasteiger partial charge in [0.2, 0.25) is 11.8 Å². The molecule has 3 N–H and O–H groups in total. The van der Waals surface area contributed by atoms with Crippen molar-refractivity contribution in [3.8, 4) is 11.4 Å². The molecular formula is C39H48N8O3. The van der Waals surface area contributed by atoms with E-state index in [4.69, 9.17) is 5.10 Å². The maximum absolute atomic E-state index is 13.8. The van der Waals surface area contributed by atoms with Crippen molar-refractivity contribution >= 4 is 34.4 Å². The first-order chi connectivity index (χ1) is 24.1. The summed E-state index contributed by atoms with van der Waals surface area (Å²) in [5.41, 5.74) is 7.44. The van der Waals surface area contributed by atoms with E-state index in [1.165, 1.54) is 11.3 Å². The molecule has 2 atom stereocenters. The molecule has 11 heteroatoms. The number of piperidine rings is 2. The molecule has 3 aromatic heterocycles. The summed E-state index contributed by atoms with van der Waals surface area (Å²) in [4.78, 5) is 52.7. The Morgan fingerprint density at radius 3 is 2.60 bits per heavy atom. The van der Waals surface area contributed by atoms with Gasteiger partial charge in [-0.2, -0.15) is 5.10 Å². The number of nitrogens with one attached hydrogen (secondary N) is 3. The molecule has 3 saturated heterocycles. The van der Waals surface area contributed by atoms with E-state index in [-0.39, 0.29) is 29.7 Å². The summed E-state index contributed by atoms with van der Waals surface area (Å²) < 4.78 is 0. The molecule has 3 fully saturated rings. The van der Waals surface area contributed by atoms with Crippen molar-refractivity contribution in [1.82, 2.24) is 35.3 Å². The van der Waals surface area contributed by atoms with E-state index in [2.05, 4.69) is 63.1 Å². The Labute approximate surface area is 293 Å². The van der Waals surface area contributed by atoms with Crippen LogP contribution in [0.2, 0.25) is 0 Å². The highest BCUT2D eigenvalue weighted by Gasteiger charge is 2.33. The van der Waals surface area contributed by atoms with Crippen molar-refractivity contribution < 1.29 is 14.4 Å². The number of imide groups is 1. The number of carbonyl (C=O) groups is 3. The summed E-state index contributed by atoms with van der Waals surface area (Å²) in [6.45, 7) is 12.3. The average Bonchev–Trinajstić information content (AvgIpc) is 3.71. The Kier molecular flexibility index (Phi) is 8.49. The van der Waals surface area contributed by atoms with Crippen LogP contribution in [-0.4, -0.2) is 93.0 Å². The van der Waals surface area contributed by atoms with Gasteiger partial charge in [-0.05, 0) is 86.6 Å². The number of benzene rings is 1. The Hall–Kier alpha value is -4.51. The molecule has 4 aromatic rings. The van der Waals surface area contributed by atoms with Crippen molar-refractivity contribution in [3.05, 3.63) is 65.0 Å². The molecule has 6 heterocycles. The lowest BCUT2D eigenvalue weighted by molar-refractivity contribution is -0.134. The monoisotopic (exact) mass is 676 g/mol. The zero-order valence-corrected chi connectivity index (χ0v) is 29.4. The summed E-state index contributed by atoms with van der Waals surface area (Å²) in [5.74, 6) is 0.921. The number of pyridine rings is 1. The molecule has 1 aromatic carbocycles. The third kappa shape index (κ3) is 6.43. The summed E-state index contributed by atoms with van der Waals surface area (Å²) in [7, 11) is 0. The number of nitrogens with zero attached hydrogens (tertiary/aromatic N) is 5. The van der Waals surface area contributed by atoms with Crippen LogP contribution >= 0.6 is 0 Å². The third-order valence-corrected chi connectivity index (χ3v) is 11.6. The first-order valence-electron chi connectivity index (χ1n) is 18.4. The van der Waals surface area contributed by atoms with Crippen molar-refractivity contribution in [2.45, 2.75) is 77.7 Å². The lowest BCUT2D eigenvalue weighted by Crippen LogP contribution is -2.55. The molecule has 1 aliphatic carbocycles. The van der Waals surface area contributed by atoms with Crippen LogP contribution in [0.4, 0.5) is 5.82 Å². The van der Waals surface area contributed by atoms with Gasteiger partial charge in [-0.1, -0.05) is 26.0 Å². The fraction of sp³-hybridized carbons (Fsp3) is 0.513. The summed E-state index contributed by atoms with van der Waals surface area (Å²) in [6.07, 6.45) is 8.09. The third-order valence-electron chi connectivity index (χ3n) is 11.6. The number of carbonyl (C=O) groups excluding carboxylic acids is 3. The number of anilines is 1. The fourth-order valence-electron chi connectivity index (χ4n) is 8.64. The topological polar surface area (TPSA) is 130 Å². The summed E-state index contributed by atoms with van der Waals surface area (Å²) >= 11 is 0. The normalized spacial score (nSPS) is 23.3. The minimum absolute atomic E-state index is 0.0963. The molecule has 11 nitrogen and oxygen atoms in total. The maximum atomic E-state index is 13.8. The van der Waals surface area contributed by atoms with Gasteiger partial charge in [0, 0.05) is 85.7 Å². The largest absolute Gasteiger partial charge is 0.357 e. The SMILES string of the molecule is C[C@@H]1CN(CC2CCN(c3ccc(C4CCC(=O)NC4=O)cn3)CC2)CCN1C(=O)c1ccc2cc(-c3n[nH]c4c3CCC(C)(C)C4)[nH]c2c1. The zero-order chi connectivity index (χ0) is 34.6. The molecule has 0 spiro atoms. The number of hydrogen-bond donors (Lipinski definition) is 3. The molecule has 8 rings (SSSR count). The predicted octanol–water partition coefficient (Wildman–Crippen LogP) is 5.05. The van der Waals surface area contributed by atoms with Gasteiger partial charge < -0.3 is 14.8 Å². The van der Waals surface area contributed by atoms with E-state index in [0.717, 1.165) is 111 Å². The van der Waals surface area contributed by atoms with Gasteiger partial charge in [0.1, 0.15) is 11.5 Å². The summed E-state index contributed by atoms with van der Waals surface area (Å²) in [6, 6.07) is 12.3. The minimum Gasteiger partial charge on any atom is -0.357 e. The second-order valence-corrected chi connectivity index (χ2v) is 15.8. The Morgan fingerprint density at radius 2 is 1.84 bits per heavy atom. The molecule has 1 unspecified atom stereocenters. The van der Waals surface area contributed by atoms with Crippen molar-refractivity contribution in [2.24, 2.45) is 11.3 Å². The van der Waals surface area contributed by atoms with E-state index in [1.54, 1.807) is 6.20 Å². The number of H-pyrrole nitrogens is 2. The van der Waals surface area contributed by atoms with Gasteiger partial charge in [-0.25, -0.2) is 4.98 Å². The fourth-order valence-corrected chi connectivity index (χ4v) is 8.64. The van der Waals surface area contributed by atoms with E-state index in [0.29, 0.717) is 24.2 Å². The van der Waals surface area contributed by atoms with Gasteiger partial charge >= 0.3 is 0 Å². The van der Waals surface area contributed by atoms with Gasteiger partial charge in [0.05, 0.1) is 11.6 Å². The summed E-state index contributed by atoms with van der Waals surface area (Å²) in [5, 5.41) is 11.5. The lowest BCUT2D eigenvalue weighted by atomic mass is 9.76. The number of rotatable bonds is 6. The average molecular weight is 677 g/mol. The molecule has 0 saturated carbocycles. The van der Waals surface area contributed by atoms with E-state index >= 15 is 0 Å². The van der Waals surface area contributed by atoms with Gasteiger partial charge in [0.25, 0.3) is 5.91 Å². The number of hydrogen-bond acceptors (Lipinski definition) is 7. The molecule has 4 aliphatic rings. The van der Waals surface area contributed by atoms with Crippen LogP contribution in [0, 0.1) is 11.3 Å². The number of aromatic nitrogens is 4. The van der Waals surface area contributed by atoms with Crippen LogP contribution in [-0.2, 0) is 22.4 Å². The highest BCUT2D eigenvalue weighted by atomic mass is 16.2. The molecule has 0 radical (unpaired) electrons. The van der Waals surface area contributed by atoms with E-state index in [9.17, 15) is 14.4 Å². The standard InChI is InChI=1S/C39H48N8O3/c1-24-22-45(23-25-11-14-46(15-12-25)34-8-6-28(21-40-34)29-7-9-35(48)42-37(29)49)16-17-47(24)38(50)27-5-4-26-18-32(41-31(26)19-27)36-30-10-13-39(2,3)20-33(30)43-44-36/h4-6,8,18-19,21,24-25,29,41H,7,9-17,20,22-23H2,1-3H3,(H,43,44)(H,42,48,49)/t24-,29?/m1/s1. The smallest absolute Gasteiger partial charge is 0.254 e. The van der Waals surface area contributed by atoms with Crippen LogP contribution in [0.5, 0.6) is 0 Å². The molecule has 0 bridgehead atoms. The number of fused-ring (bicyclic) bond motifs is 2.